The van der Waals surface area contributed by atoms with Gasteiger partial charge in [0.25, 0.3) is 0 Å². The first-order valence-corrected chi connectivity index (χ1v) is 15.6. The van der Waals surface area contributed by atoms with Crippen molar-refractivity contribution in [2.24, 2.45) is 5.92 Å². The van der Waals surface area contributed by atoms with Gasteiger partial charge in [0, 0.05) is 23.9 Å². The third-order valence-electron chi connectivity index (χ3n) is 7.82. The number of hydrogen-bond donors (Lipinski definition) is 0. The van der Waals surface area contributed by atoms with Gasteiger partial charge in [-0.05, 0) is 48.9 Å². The van der Waals surface area contributed by atoms with Crippen LogP contribution in [-0.2, 0) is 30.4 Å². The molecule has 13 heteroatoms. The van der Waals surface area contributed by atoms with Gasteiger partial charge < -0.3 is 19.1 Å². The van der Waals surface area contributed by atoms with E-state index in [0.717, 1.165) is 33.6 Å². The molecule has 0 radical (unpaired) electrons. The molecule has 3 aliphatic heterocycles. The van der Waals surface area contributed by atoms with E-state index in [9.17, 15) is 24.0 Å². The van der Waals surface area contributed by atoms with E-state index >= 15 is 0 Å². The van der Waals surface area contributed by atoms with Crippen molar-refractivity contribution in [2.75, 3.05) is 44.9 Å². The minimum absolute atomic E-state index is 0.161. The highest BCUT2D eigenvalue weighted by Gasteiger charge is 2.56. The van der Waals surface area contributed by atoms with E-state index in [4.69, 9.17) is 14.2 Å². The average Bonchev–Trinajstić information content (AvgIpc) is 3.47. The molecule has 4 heterocycles. The molecule has 3 aromatic rings. The first kappa shape index (κ1) is 29.1. The highest BCUT2D eigenvalue weighted by Crippen LogP contribution is 2.54. The van der Waals surface area contributed by atoms with Gasteiger partial charge in [-0.3, -0.25) is 23.7 Å². The predicted octanol–water partition coefficient (Wildman–Crippen LogP) is 2.75. The van der Waals surface area contributed by atoms with Crippen LogP contribution < -0.4 is 14.5 Å². The summed E-state index contributed by atoms with van der Waals surface area (Å²) in [5.74, 6) is -2.26. The lowest BCUT2D eigenvalue weighted by Gasteiger charge is -2.31. The summed E-state index contributed by atoms with van der Waals surface area (Å²) in [6.07, 6.45) is 0. The zero-order valence-electron chi connectivity index (χ0n) is 23.5. The number of imide groups is 1. The van der Waals surface area contributed by atoms with E-state index in [1.54, 1.807) is 43.2 Å². The molecule has 224 valence electrons. The van der Waals surface area contributed by atoms with E-state index in [1.807, 2.05) is 12.1 Å². The van der Waals surface area contributed by atoms with Gasteiger partial charge >= 0.3 is 10.8 Å². The summed E-state index contributed by atoms with van der Waals surface area (Å²) in [6.45, 7) is 3.55. The molecule has 11 nitrogen and oxygen atoms in total. The fourth-order valence-corrected chi connectivity index (χ4v) is 8.46. The smallest absolute Gasteiger partial charge is 0.338 e. The maximum Gasteiger partial charge on any atom is 0.338 e. The first-order chi connectivity index (χ1) is 20.8. The number of aromatic nitrogens is 1. The van der Waals surface area contributed by atoms with Crippen LogP contribution in [0.5, 0.6) is 5.75 Å². The number of ether oxygens (including phenoxy) is 3. The number of methoxy groups -OCH3 is 1. The van der Waals surface area contributed by atoms with Crippen LogP contribution in [0.15, 0.2) is 58.4 Å². The number of amides is 3. The highest BCUT2D eigenvalue weighted by molar-refractivity contribution is 8.00. The number of anilines is 1. The summed E-state index contributed by atoms with van der Waals surface area (Å²) in [5, 5.41) is -0.296. The fourth-order valence-electron chi connectivity index (χ4n) is 5.69. The molecule has 6 rings (SSSR count). The molecule has 3 amide bonds. The van der Waals surface area contributed by atoms with Gasteiger partial charge in [-0.25, -0.2) is 9.69 Å². The highest BCUT2D eigenvalue weighted by atomic mass is 32.2. The van der Waals surface area contributed by atoms with Crippen molar-refractivity contribution < 1.29 is 33.4 Å². The molecule has 2 saturated heterocycles. The lowest BCUT2D eigenvalue weighted by atomic mass is 9.83. The molecule has 43 heavy (non-hydrogen) atoms. The first-order valence-electron chi connectivity index (χ1n) is 13.9. The molecule has 1 aromatic heterocycles. The molecule has 0 aliphatic carbocycles. The second-order valence-electron chi connectivity index (χ2n) is 10.2. The Morgan fingerprint density at radius 2 is 1.67 bits per heavy atom. The summed E-state index contributed by atoms with van der Waals surface area (Å²) < 4.78 is 17.2. The normalized spacial score (nSPS) is 21.4. The van der Waals surface area contributed by atoms with Crippen LogP contribution in [-0.4, -0.2) is 78.4 Å². The summed E-state index contributed by atoms with van der Waals surface area (Å²) in [7, 11) is 1.56. The molecule has 2 aromatic carbocycles. The largest absolute Gasteiger partial charge is 0.497 e. The zero-order chi connectivity index (χ0) is 30.2. The molecule has 3 atom stereocenters. The Hall–Kier alpha value is -3.94. The minimum Gasteiger partial charge on any atom is -0.497 e. The van der Waals surface area contributed by atoms with Crippen LogP contribution in [0.25, 0.3) is 0 Å². The summed E-state index contributed by atoms with van der Waals surface area (Å²) in [4.78, 5) is 69.8. The number of esters is 1. The van der Waals surface area contributed by atoms with Crippen LogP contribution in [0, 0.1) is 5.92 Å². The maximum atomic E-state index is 14.1. The topological polar surface area (TPSA) is 124 Å². The summed E-state index contributed by atoms with van der Waals surface area (Å²) in [6, 6.07) is 13.4. The lowest BCUT2D eigenvalue weighted by molar-refractivity contribution is -0.136. The Bertz CT molecular complexity index is 1630. The Morgan fingerprint density at radius 1 is 0.977 bits per heavy atom. The molecule has 2 fully saturated rings. The molecule has 0 N–H and O–H groups in total. The van der Waals surface area contributed by atoms with E-state index in [-0.39, 0.29) is 23.9 Å². The van der Waals surface area contributed by atoms with Crippen molar-refractivity contribution >= 4 is 52.5 Å². The molecule has 3 aliphatic rings. The van der Waals surface area contributed by atoms with Gasteiger partial charge in [0.2, 0.25) is 17.7 Å². The number of fused-ring (bicyclic) bond motifs is 2. The van der Waals surface area contributed by atoms with Crippen LogP contribution in [0.3, 0.4) is 0 Å². The quantitative estimate of drug-likeness (QED) is 0.289. The summed E-state index contributed by atoms with van der Waals surface area (Å²) >= 11 is 2.17. The third kappa shape index (κ3) is 5.25. The van der Waals surface area contributed by atoms with Crippen molar-refractivity contribution in [3.8, 4) is 5.75 Å². The Kier molecular flexibility index (Phi) is 8.12. The van der Waals surface area contributed by atoms with Gasteiger partial charge in [0.15, 0.2) is 0 Å². The minimum atomic E-state index is -0.824. The van der Waals surface area contributed by atoms with Crippen molar-refractivity contribution in [3.63, 3.8) is 0 Å². The predicted molar refractivity (Wildman–Crippen MR) is 159 cm³/mol. The number of thiazole rings is 1. The Labute approximate surface area is 255 Å². The molecular formula is C30H29N3O8S2. The van der Waals surface area contributed by atoms with E-state index in [0.29, 0.717) is 53.2 Å². The van der Waals surface area contributed by atoms with Crippen LogP contribution in [0.1, 0.15) is 33.6 Å². The average molecular weight is 624 g/mol. The van der Waals surface area contributed by atoms with Crippen LogP contribution in [0.4, 0.5) is 5.69 Å². The second-order valence-corrected chi connectivity index (χ2v) is 12.3. The molecule has 0 unspecified atom stereocenters. The van der Waals surface area contributed by atoms with E-state index in [1.165, 1.54) is 16.7 Å². The van der Waals surface area contributed by atoms with Gasteiger partial charge in [0.1, 0.15) is 17.5 Å². The Balaban J connectivity index is 1.39. The van der Waals surface area contributed by atoms with Crippen LogP contribution >= 0.6 is 23.1 Å². The van der Waals surface area contributed by atoms with Crippen molar-refractivity contribution in [3.05, 3.63) is 74.2 Å². The van der Waals surface area contributed by atoms with Crippen molar-refractivity contribution in [1.29, 1.82) is 0 Å². The molecule has 0 saturated carbocycles. The molecule has 0 bridgehead atoms. The van der Waals surface area contributed by atoms with Crippen molar-refractivity contribution in [1.82, 2.24) is 9.47 Å². The van der Waals surface area contributed by atoms with Gasteiger partial charge in [-0.15, -0.1) is 0 Å². The van der Waals surface area contributed by atoms with Crippen LogP contribution in [0.2, 0.25) is 0 Å². The number of carbonyl (C=O) groups is 4. The van der Waals surface area contributed by atoms with Gasteiger partial charge in [-0.2, -0.15) is 0 Å². The number of nitrogens with zero attached hydrogens (tertiary/aromatic N) is 3. The second kappa shape index (κ2) is 12.0. The zero-order valence-corrected chi connectivity index (χ0v) is 25.2. The number of hydrogen-bond acceptors (Lipinski definition) is 10. The SMILES string of the molecule is CCOC(=O)c1ccc(N2C(=O)[C@@H]3[C@H](c4ccc(OC)cc4)c4sc(=O)n(CC(=O)N5CCOCC5)c4S[C@@H]3C2=O)cc1. The Morgan fingerprint density at radius 3 is 2.33 bits per heavy atom. The monoisotopic (exact) mass is 623 g/mol. The van der Waals surface area contributed by atoms with Gasteiger partial charge in [0.05, 0.1) is 49.1 Å². The molecule has 0 spiro atoms. The van der Waals surface area contributed by atoms with E-state index < -0.39 is 34.9 Å². The number of carbonyl (C=O) groups excluding carboxylic acids is 4. The van der Waals surface area contributed by atoms with E-state index in [2.05, 4.69) is 0 Å². The number of rotatable bonds is 7. The van der Waals surface area contributed by atoms with Gasteiger partial charge in [-0.1, -0.05) is 35.2 Å². The van der Waals surface area contributed by atoms with Crippen molar-refractivity contribution in [2.45, 2.75) is 29.7 Å². The molecular weight excluding hydrogens is 594 g/mol. The number of thioether (sulfide) groups is 1. The number of morpholine rings is 1. The standard InChI is InChI=1S/C30H29N3O8S2/c1-3-41-29(37)18-4-8-19(9-5-18)33-26(35)23-22(17-6-10-20(39-2)11-7-17)25-28(42-24(23)27(33)36)32(30(38)43-25)16-21(34)31-12-14-40-15-13-31/h4-11,22-24H,3,12-16H2,1-2H3/t22-,23+,24-/m0/s1. The third-order valence-corrected chi connectivity index (χ3v) is 10.4. The summed E-state index contributed by atoms with van der Waals surface area (Å²) in [5.41, 5.74) is 1.41. The number of benzene rings is 2. The fraction of sp³-hybridized carbons (Fsp3) is 0.367. The lowest BCUT2D eigenvalue weighted by Crippen LogP contribution is -2.43. The maximum absolute atomic E-state index is 14.1.